The maximum atomic E-state index is 12.2. The quantitative estimate of drug-likeness (QED) is 0.905. The van der Waals surface area contributed by atoms with Crippen molar-refractivity contribution in [1.82, 2.24) is 9.88 Å². The molecule has 2 N–H and O–H groups in total. The van der Waals surface area contributed by atoms with Crippen LogP contribution in [0.4, 0.5) is 0 Å². The van der Waals surface area contributed by atoms with Crippen LogP contribution < -0.4 is 5.73 Å². The van der Waals surface area contributed by atoms with Crippen molar-refractivity contribution in [3.8, 4) is 0 Å². The number of benzene rings is 1. The monoisotopic (exact) mass is 275 g/mol. The number of carbonyl (C=O) groups excluding carboxylic acids is 1. The summed E-state index contributed by atoms with van der Waals surface area (Å²) >= 11 is 1.54. The largest absolute Gasteiger partial charge is 0.340 e. The molecule has 1 amide bonds. The summed E-state index contributed by atoms with van der Waals surface area (Å²) in [5, 5.41) is 1.96. The Morgan fingerprint density at radius 2 is 2.11 bits per heavy atom. The van der Waals surface area contributed by atoms with Gasteiger partial charge in [0.1, 0.15) is 0 Å². The molecule has 1 heterocycles. The van der Waals surface area contributed by atoms with Crippen molar-refractivity contribution in [3.63, 3.8) is 0 Å². The Labute approximate surface area is 116 Å². The van der Waals surface area contributed by atoms with E-state index < -0.39 is 0 Å². The molecule has 4 nitrogen and oxygen atoms in total. The first-order valence-electron chi connectivity index (χ1n) is 6.08. The third kappa shape index (κ3) is 3.62. The van der Waals surface area contributed by atoms with Crippen molar-refractivity contribution >= 4 is 17.2 Å². The fourth-order valence-electron chi connectivity index (χ4n) is 1.87. The van der Waals surface area contributed by atoms with Crippen LogP contribution in [0, 0.1) is 0 Å². The van der Waals surface area contributed by atoms with Crippen LogP contribution in [-0.4, -0.2) is 22.8 Å². The minimum Gasteiger partial charge on any atom is -0.340 e. The van der Waals surface area contributed by atoms with Crippen molar-refractivity contribution in [2.24, 2.45) is 5.73 Å². The highest BCUT2D eigenvalue weighted by Crippen LogP contribution is 2.11. The van der Waals surface area contributed by atoms with Gasteiger partial charge in [0.25, 0.3) is 0 Å². The number of rotatable bonds is 5. The molecule has 0 spiro atoms. The second-order valence-electron chi connectivity index (χ2n) is 4.38. The first-order chi connectivity index (χ1) is 9.20. The van der Waals surface area contributed by atoms with Gasteiger partial charge in [-0.25, -0.2) is 4.98 Å². The number of hydrogen-bond donors (Lipinski definition) is 1. The Hall–Kier alpha value is -1.72. The number of likely N-dealkylation sites (N-methyl/N-ethyl adjacent to an activating group) is 1. The minimum absolute atomic E-state index is 0.0777. The van der Waals surface area contributed by atoms with E-state index in [0.29, 0.717) is 19.5 Å². The topological polar surface area (TPSA) is 59.2 Å². The molecule has 1 aromatic carbocycles. The summed E-state index contributed by atoms with van der Waals surface area (Å²) in [6.45, 7) is 1.01. The van der Waals surface area contributed by atoms with Crippen LogP contribution in [-0.2, 0) is 24.3 Å². The molecule has 100 valence electrons. The molecule has 19 heavy (non-hydrogen) atoms. The molecule has 0 radical (unpaired) electrons. The Morgan fingerprint density at radius 1 is 1.37 bits per heavy atom. The number of aromatic nitrogens is 1. The van der Waals surface area contributed by atoms with Gasteiger partial charge in [0, 0.05) is 19.0 Å². The molecule has 0 aliphatic rings. The van der Waals surface area contributed by atoms with Crippen LogP contribution in [0.25, 0.3) is 0 Å². The lowest BCUT2D eigenvalue weighted by Crippen LogP contribution is -2.28. The highest BCUT2D eigenvalue weighted by atomic mass is 32.1. The molecule has 0 aliphatic carbocycles. The van der Waals surface area contributed by atoms with Gasteiger partial charge in [-0.1, -0.05) is 24.3 Å². The average Bonchev–Trinajstić information content (AvgIpc) is 2.92. The van der Waals surface area contributed by atoms with Crippen LogP contribution in [0.2, 0.25) is 0 Å². The van der Waals surface area contributed by atoms with E-state index >= 15 is 0 Å². The van der Waals surface area contributed by atoms with Gasteiger partial charge in [0.2, 0.25) is 5.91 Å². The molecular formula is C14H17N3OS. The zero-order valence-electron chi connectivity index (χ0n) is 10.9. The molecule has 0 bridgehead atoms. The molecule has 1 aromatic heterocycles. The first kappa shape index (κ1) is 13.7. The van der Waals surface area contributed by atoms with Gasteiger partial charge in [-0.2, -0.15) is 0 Å². The molecule has 5 heteroatoms. The number of nitrogens with two attached hydrogens (primary N) is 1. The lowest BCUT2D eigenvalue weighted by molar-refractivity contribution is -0.129. The van der Waals surface area contributed by atoms with Crippen LogP contribution in [0.1, 0.15) is 16.8 Å². The summed E-state index contributed by atoms with van der Waals surface area (Å²) in [6.07, 6.45) is 0.383. The Kier molecular flexibility index (Phi) is 4.65. The van der Waals surface area contributed by atoms with Gasteiger partial charge in [0.05, 0.1) is 24.2 Å². The van der Waals surface area contributed by atoms with E-state index in [4.69, 9.17) is 5.73 Å². The van der Waals surface area contributed by atoms with E-state index in [1.165, 1.54) is 11.3 Å². The molecular weight excluding hydrogens is 258 g/mol. The van der Waals surface area contributed by atoms with E-state index in [1.807, 2.05) is 29.6 Å². The van der Waals surface area contributed by atoms with Gasteiger partial charge < -0.3 is 10.6 Å². The van der Waals surface area contributed by atoms with E-state index in [9.17, 15) is 4.79 Å². The van der Waals surface area contributed by atoms with Crippen molar-refractivity contribution in [3.05, 3.63) is 52.0 Å². The fraction of sp³-hybridized carbons (Fsp3) is 0.286. The van der Waals surface area contributed by atoms with E-state index in [1.54, 1.807) is 17.5 Å². The van der Waals surface area contributed by atoms with E-state index in [-0.39, 0.29) is 5.91 Å². The van der Waals surface area contributed by atoms with Gasteiger partial charge in [-0.15, -0.1) is 11.3 Å². The summed E-state index contributed by atoms with van der Waals surface area (Å²) in [5.74, 6) is 0.0777. The second-order valence-corrected chi connectivity index (χ2v) is 5.10. The molecule has 2 rings (SSSR count). The van der Waals surface area contributed by atoms with Crippen molar-refractivity contribution in [2.75, 3.05) is 7.05 Å². The number of carbonyl (C=O) groups is 1. The predicted octanol–water partition coefficient (Wildman–Crippen LogP) is 1.80. The number of nitrogens with zero attached hydrogens (tertiary/aromatic N) is 2. The SMILES string of the molecule is CN(Cc1cscn1)C(=O)Cc1ccccc1CN. The summed E-state index contributed by atoms with van der Waals surface area (Å²) in [7, 11) is 1.80. The van der Waals surface area contributed by atoms with Crippen LogP contribution in [0.15, 0.2) is 35.2 Å². The Morgan fingerprint density at radius 3 is 2.74 bits per heavy atom. The third-order valence-corrected chi connectivity index (χ3v) is 3.62. The van der Waals surface area contributed by atoms with Gasteiger partial charge in [0.15, 0.2) is 0 Å². The molecule has 0 fully saturated rings. The zero-order valence-corrected chi connectivity index (χ0v) is 11.7. The van der Waals surface area contributed by atoms with Gasteiger partial charge in [-0.3, -0.25) is 4.79 Å². The average molecular weight is 275 g/mol. The Bertz CT molecular complexity index is 539. The second kappa shape index (κ2) is 6.45. The van der Waals surface area contributed by atoms with Crippen LogP contribution in [0.5, 0.6) is 0 Å². The molecule has 0 aliphatic heterocycles. The number of amides is 1. The summed E-state index contributed by atoms with van der Waals surface area (Å²) in [5.41, 5.74) is 10.4. The molecule has 0 saturated heterocycles. The minimum atomic E-state index is 0.0777. The fourth-order valence-corrected chi connectivity index (χ4v) is 2.42. The molecule has 0 saturated carbocycles. The molecule has 0 unspecified atom stereocenters. The predicted molar refractivity (Wildman–Crippen MR) is 76.6 cm³/mol. The summed E-state index contributed by atoms with van der Waals surface area (Å²) < 4.78 is 0. The van der Waals surface area contributed by atoms with Gasteiger partial charge in [-0.05, 0) is 11.1 Å². The maximum Gasteiger partial charge on any atom is 0.227 e. The Balaban J connectivity index is 2.00. The standard InChI is InChI=1S/C14H17N3OS/c1-17(8-13-9-19-10-16-13)14(18)6-11-4-2-3-5-12(11)7-15/h2-5,9-10H,6-8,15H2,1H3. The van der Waals surface area contributed by atoms with E-state index in [2.05, 4.69) is 4.98 Å². The highest BCUT2D eigenvalue weighted by molar-refractivity contribution is 7.07. The van der Waals surface area contributed by atoms with Crippen LogP contribution >= 0.6 is 11.3 Å². The van der Waals surface area contributed by atoms with Crippen LogP contribution in [0.3, 0.4) is 0 Å². The maximum absolute atomic E-state index is 12.2. The van der Waals surface area contributed by atoms with Crippen molar-refractivity contribution < 1.29 is 4.79 Å². The lowest BCUT2D eigenvalue weighted by Gasteiger charge is -2.17. The smallest absolute Gasteiger partial charge is 0.227 e. The first-order valence-corrected chi connectivity index (χ1v) is 7.03. The van der Waals surface area contributed by atoms with Crippen molar-refractivity contribution in [1.29, 1.82) is 0 Å². The van der Waals surface area contributed by atoms with E-state index in [0.717, 1.165) is 16.8 Å². The lowest BCUT2D eigenvalue weighted by atomic mass is 10.0. The summed E-state index contributed by atoms with van der Waals surface area (Å²) in [4.78, 5) is 18.0. The van der Waals surface area contributed by atoms with Gasteiger partial charge >= 0.3 is 0 Å². The van der Waals surface area contributed by atoms with Crippen molar-refractivity contribution in [2.45, 2.75) is 19.5 Å². The highest BCUT2D eigenvalue weighted by Gasteiger charge is 2.12. The normalized spacial score (nSPS) is 10.4. The number of thiazole rings is 1. The molecule has 2 aromatic rings. The summed E-state index contributed by atoms with van der Waals surface area (Å²) in [6, 6.07) is 7.79. The zero-order chi connectivity index (χ0) is 13.7. The molecule has 0 atom stereocenters. The third-order valence-electron chi connectivity index (χ3n) is 2.99. The number of hydrogen-bond acceptors (Lipinski definition) is 4.